The Morgan fingerprint density at radius 3 is 3.12 bits per heavy atom. The molecule has 17 heavy (non-hydrogen) atoms. The molecule has 0 aromatic carbocycles. The first-order valence-corrected chi connectivity index (χ1v) is 6.62. The smallest absolute Gasteiger partial charge is 0.221 e. The molecule has 0 atom stereocenters. The first kappa shape index (κ1) is 12.4. The second-order valence-corrected chi connectivity index (χ2v) is 4.94. The Bertz CT molecular complexity index is 540. The van der Waals surface area contributed by atoms with Crippen molar-refractivity contribution in [2.45, 2.75) is 13.0 Å². The molecule has 6 heteroatoms. The van der Waals surface area contributed by atoms with E-state index >= 15 is 0 Å². The van der Waals surface area contributed by atoms with Crippen molar-refractivity contribution in [2.24, 2.45) is 0 Å². The number of nitrogens with zero attached hydrogens (tertiary/aromatic N) is 2. The summed E-state index contributed by atoms with van der Waals surface area (Å²) in [5.41, 5.74) is 1.82. The Labute approximate surface area is 113 Å². The van der Waals surface area contributed by atoms with Crippen molar-refractivity contribution in [3.63, 3.8) is 0 Å². The van der Waals surface area contributed by atoms with Crippen molar-refractivity contribution in [3.05, 3.63) is 34.7 Å². The SMILES string of the molecule is O=C(CCS)NCc1cnc2ccc(Br)cn12. The third kappa shape index (κ3) is 3.01. The lowest BCUT2D eigenvalue weighted by Crippen LogP contribution is -2.23. The first-order chi connectivity index (χ1) is 8.20. The molecule has 1 amide bonds. The summed E-state index contributed by atoms with van der Waals surface area (Å²) in [5, 5.41) is 2.83. The highest BCUT2D eigenvalue weighted by atomic mass is 79.9. The van der Waals surface area contributed by atoms with Crippen molar-refractivity contribution in [2.75, 3.05) is 5.75 Å². The van der Waals surface area contributed by atoms with E-state index in [0.29, 0.717) is 18.7 Å². The lowest BCUT2D eigenvalue weighted by atomic mass is 10.4. The molecule has 0 saturated heterocycles. The number of halogens is 1. The number of thiol groups is 1. The third-order valence-electron chi connectivity index (χ3n) is 2.35. The van der Waals surface area contributed by atoms with Gasteiger partial charge >= 0.3 is 0 Å². The van der Waals surface area contributed by atoms with Crippen molar-refractivity contribution in [3.8, 4) is 0 Å². The van der Waals surface area contributed by atoms with Crippen LogP contribution in [0, 0.1) is 0 Å². The molecule has 2 rings (SSSR count). The molecule has 90 valence electrons. The molecule has 0 fully saturated rings. The van der Waals surface area contributed by atoms with Crippen molar-refractivity contribution >= 4 is 40.1 Å². The highest BCUT2D eigenvalue weighted by Crippen LogP contribution is 2.13. The molecule has 0 radical (unpaired) electrons. The zero-order valence-corrected chi connectivity index (χ0v) is 11.5. The zero-order chi connectivity index (χ0) is 12.3. The number of amides is 1. The van der Waals surface area contributed by atoms with Crippen LogP contribution in [-0.2, 0) is 11.3 Å². The number of nitrogens with one attached hydrogen (secondary N) is 1. The summed E-state index contributed by atoms with van der Waals surface area (Å²) in [6, 6.07) is 3.86. The number of carbonyl (C=O) groups excluding carboxylic acids is 1. The van der Waals surface area contributed by atoms with Crippen LogP contribution in [0.3, 0.4) is 0 Å². The van der Waals surface area contributed by atoms with Crippen LogP contribution in [0.15, 0.2) is 29.0 Å². The van der Waals surface area contributed by atoms with Crippen LogP contribution in [-0.4, -0.2) is 21.0 Å². The van der Waals surface area contributed by atoms with E-state index in [1.54, 1.807) is 6.20 Å². The van der Waals surface area contributed by atoms with Gasteiger partial charge in [0.25, 0.3) is 0 Å². The minimum Gasteiger partial charge on any atom is -0.350 e. The van der Waals surface area contributed by atoms with E-state index in [9.17, 15) is 4.79 Å². The number of imidazole rings is 1. The predicted octanol–water partition coefficient (Wildman–Crippen LogP) is 2.03. The fourth-order valence-corrected chi connectivity index (χ4v) is 2.05. The summed E-state index contributed by atoms with van der Waals surface area (Å²) in [6.45, 7) is 0.476. The van der Waals surface area contributed by atoms with Gasteiger partial charge in [-0.25, -0.2) is 4.98 Å². The van der Waals surface area contributed by atoms with Crippen LogP contribution < -0.4 is 5.32 Å². The summed E-state index contributed by atoms with van der Waals surface area (Å²) >= 11 is 7.43. The molecule has 0 unspecified atom stereocenters. The number of rotatable bonds is 4. The van der Waals surface area contributed by atoms with Crippen LogP contribution in [0.1, 0.15) is 12.1 Å². The van der Waals surface area contributed by atoms with Gasteiger partial charge in [0.05, 0.1) is 18.4 Å². The second kappa shape index (κ2) is 5.55. The third-order valence-corrected chi connectivity index (χ3v) is 3.04. The number of fused-ring (bicyclic) bond motifs is 1. The van der Waals surface area contributed by atoms with E-state index in [1.165, 1.54) is 0 Å². The van der Waals surface area contributed by atoms with Crippen molar-refractivity contribution in [1.82, 2.24) is 14.7 Å². The van der Waals surface area contributed by atoms with Gasteiger partial charge in [-0.1, -0.05) is 0 Å². The summed E-state index contributed by atoms with van der Waals surface area (Å²) in [6.07, 6.45) is 4.13. The molecule has 1 N–H and O–H groups in total. The van der Waals surface area contributed by atoms with E-state index < -0.39 is 0 Å². The maximum atomic E-state index is 11.3. The molecule has 0 aliphatic rings. The standard InChI is InChI=1S/C11H12BrN3OS/c12-8-1-2-10-13-5-9(15(10)7-8)6-14-11(16)3-4-17/h1-2,5,7,17H,3-4,6H2,(H,14,16). The van der Waals surface area contributed by atoms with Gasteiger partial charge in [0, 0.05) is 17.1 Å². The molecular formula is C11H12BrN3OS. The predicted molar refractivity (Wildman–Crippen MR) is 73.2 cm³/mol. The van der Waals surface area contributed by atoms with Crippen LogP contribution in [0.25, 0.3) is 5.65 Å². The topological polar surface area (TPSA) is 46.4 Å². The van der Waals surface area contributed by atoms with Gasteiger partial charge in [-0.15, -0.1) is 0 Å². The van der Waals surface area contributed by atoms with Crippen molar-refractivity contribution in [1.29, 1.82) is 0 Å². The fourth-order valence-electron chi connectivity index (χ4n) is 1.51. The largest absolute Gasteiger partial charge is 0.350 e. The molecule has 2 aromatic rings. The molecule has 4 nitrogen and oxygen atoms in total. The quantitative estimate of drug-likeness (QED) is 0.848. The van der Waals surface area contributed by atoms with E-state index in [2.05, 4.69) is 38.9 Å². The van der Waals surface area contributed by atoms with Gasteiger partial charge in [0.15, 0.2) is 0 Å². The number of pyridine rings is 1. The van der Waals surface area contributed by atoms with Crippen molar-refractivity contribution < 1.29 is 4.79 Å². The van der Waals surface area contributed by atoms with Crippen LogP contribution >= 0.6 is 28.6 Å². The Morgan fingerprint density at radius 2 is 2.35 bits per heavy atom. The average molecular weight is 314 g/mol. The van der Waals surface area contributed by atoms with Crippen LogP contribution in [0.4, 0.5) is 0 Å². The molecule has 0 spiro atoms. The number of carbonyl (C=O) groups is 1. The Balaban J connectivity index is 2.13. The van der Waals surface area contributed by atoms with Crippen LogP contribution in [0.2, 0.25) is 0 Å². The van der Waals surface area contributed by atoms with E-state index in [4.69, 9.17) is 0 Å². The van der Waals surface area contributed by atoms with Gasteiger partial charge in [-0.2, -0.15) is 12.6 Å². The van der Waals surface area contributed by atoms with Gasteiger partial charge < -0.3 is 9.72 Å². The van der Waals surface area contributed by atoms with Gasteiger partial charge in [-0.05, 0) is 33.8 Å². The lowest BCUT2D eigenvalue weighted by Gasteiger charge is -2.04. The van der Waals surface area contributed by atoms with Gasteiger partial charge in [0.1, 0.15) is 5.65 Å². The minimum absolute atomic E-state index is 0.00458. The number of hydrogen-bond acceptors (Lipinski definition) is 3. The van der Waals surface area contributed by atoms with Crippen LogP contribution in [0.5, 0.6) is 0 Å². The zero-order valence-electron chi connectivity index (χ0n) is 9.06. The highest BCUT2D eigenvalue weighted by Gasteiger charge is 2.05. The first-order valence-electron chi connectivity index (χ1n) is 5.20. The molecule has 0 saturated carbocycles. The number of hydrogen-bond donors (Lipinski definition) is 2. The Kier molecular flexibility index (Phi) is 4.06. The number of aromatic nitrogens is 2. The Morgan fingerprint density at radius 1 is 1.53 bits per heavy atom. The lowest BCUT2D eigenvalue weighted by molar-refractivity contribution is -0.120. The maximum absolute atomic E-state index is 11.3. The summed E-state index contributed by atoms with van der Waals surface area (Å²) < 4.78 is 2.93. The monoisotopic (exact) mass is 313 g/mol. The molecule has 2 aromatic heterocycles. The molecule has 0 aliphatic carbocycles. The maximum Gasteiger partial charge on any atom is 0.221 e. The fraction of sp³-hybridized carbons (Fsp3) is 0.273. The molecule has 2 heterocycles. The molecule has 0 aliphatic heterocycles. The van der Waals surface area contributed by atoms with Gasteiger partial charge in [0.2, 0.25) is 5.91 Å². The summed E-state index contributed by atoms with van der Waals surface area (Å²) in [4.78, 5) is 15.6. The second-order valence-electron chi connectivity index (χ2n) is 3.58. The summed E-state index contributed by atoms with van der Waals surface area (Å²) in [7, 11) is 0. The van der Waals surface area contributed by atoms with E-state index in [0.717, 1.165) is 15.8 Å². The molecule has 0 bridgehead atoms. The van der Waals surface area contributed by atoms with E-state index in [-0.39, 0.29) is 5.91 Å². The van der Waals surface area contributed by atoms with E-state index in [1.807, 2.05) is 22.7 Å². The Hall–Kier alpha value is -1.01. The van der Waals surface area contributed by atoms with Gasteiger partial charge in [-0.3, -0.25) is 4.79 Å². The normalized spacial score (nSPS) is 10.7. The average Bonchev–Trinajstić information content (AvgIpc) is 2.69. The molecular weight excluding hydrogens is 302 g/mol. The minimum atomic E-state index is 0.00458. The highest BCUT2D eigenvalue weighted by molar-refractivity contribution is 9.10. The summed E-state index contributed by atoms with van der Waals surface area (Å²) in [5.74, 6) is 0.565.